The second-order valence-corrected chi connectivity index (χ2v) is 6.37. The summed E-state index contributed by atoms with van der Waals surface area (Å²) in [5.41, 5.74) is 4.02. The van der Waals surface area contributed by atoms with E-state index < -0.39 is 0 Å². The molecule has 144 valence electrons. The van der Waals surface area contributed by atoms with Crippen molar-refractivity contribution in [2.24, 2.45) is 5.10 Å². The number of halogens is 1. The maximum Gasteiger partial charge on any atom is 0.277 e. The number of hydrazone groups is 1. The Hall–Kier alpha value is -2.74. The Balaban J connectivity index is 1.97. The van der Waals surface area contributed by atoms with Gasteiger partial charge in [-0.05, 0) is 42.8 Å². The summed E-state index contributed by atoms with van der Waals surface area (Å²) in [5.74, 6) is 1.75. The molecule has 1 amide bonds. The van der Waals surface area contributed by atoms with Crippen molar-refractivity contribution in [2.45, 2.75) is 6.92 Å². The molecule has 1 N–H and O–H groups in total. The van der Waals surface area contributed by atoms with Gasteiger partial charge in [-0.1, -0.05) is 15.9 Å². The Morgan fingerprint density at radius 2 is 1.74 bits per heavy atom. The van der Waals surface area contributed by atoms with Gasteiger partial charge < -0.3 is 18.9 Å². The third kappa shape index (κ3) is 5.62. The third-order valence-corrected chi connectivity index (χ3v) is 4.08. The Bertz CT molecular complexity index is 814. The van der Waals surface area contributed by atoms with Crippen LogP contribution in [0.2, 0.25) is 0 Å². The van der Waals surface area contributed by atoms with Crippen molar-refractivity contribution in [2.75, 3.05) is 27.9 Å². The fourth-order valence-electron chi connectivity index (χ4n) is 2.31. The minimum absolute atomic E-state index is 0.144. The first-order valence-electron chi connectivity index (χ1n) is 7.99. The lowest BCUT2D eigenvalue weighted by atomic mass is 10.2. The summed E-state index contributed by atoms with van der Waals surface area (Å²) in [6.07, 6.45) is 1.48. The number of carbonyl (C=O) groups excluding carboxylic acids is 1. The van der Waals surface area contributed by atoms with Crippen LogP contribution in [0.3, 0.4) is 0 Å². The zero-order chi connectivity index (χ0) is 19.8. The molecule has 8 heteroatoms. The van der Waals surface area contributed by atoms with E-state index in [2.05, 4.69) is 26.5 Å². The Kier molecular flexibility index (Phi) is 7.48. The molecule has 0 saturated heterocycles. The number of nitrogens with one attached hydrogen (secondary N) is 1. The first-order valence-corrected chi connectivity index (χ1v) is 8.78. The van der Waals surface area contributed by atoms with E-state index >= 15 is 0 Å². The predicted molar refractivity (Wildman–Crippen MR) is 106 cm³/mol. The van der Waals surface area contributed by atoms with Crippen molar-refractivity contribution >= 4 is 28.1 Å². The summed E-state index contributed by atoms with van der Waals surface area (Å²) >= 11 is 3.38. The third-order valence-electron chi connectivity index (χ3n) is 3.59. The van der Waals surface area contributed by atoms with Gasteiger partial charge in [0.25, 0.3) is 5.91 Å². The zero-order valence-corrected chi connectivity index (χ0v) is 17.1. The van der Waals surface area contributed by atoms with Crippen LogP contribution in [0.4, 0.5) is 0 Å². The number of amides is 1. The number of aryl methyl sites for hydroxylation is 1. The largest absolute Gasteiger partial charge is 0.493 e. The number of hydrogen-bond donors (Lipinski definition) is 1. The van der Waals surface area contributed by atoms with E-state index in [0.29, 0.717) is 28.6 Å². The normalized spacial score (nSPS) is 10.6. The molecule has 7 nitrogen and oxygen atoms in total. The van der Waals surface area contributed by atoms with Crippen LogP contribution in [0.25, 0.3) is 0 Å². The van der Waals surface area contributed by atoms with E-state index in [-0.39, 0.29) is 12.5 Å². The van der Waals surface area contributed by atoms with Gasteiger partial charge in [-0.3, -0.25) is 4.79 Å². The molecule has 0 radical (unpaired) electrons. The monoisotopic (exact) mass is 436 g/mol. The summed E-state index contributed by atoms with van der Waals surface area (Å²) in [6.45, 7) is 1.76. The van der Waals surface area contributed by atoms with Crippen molar-refractivity contribution in [1.82, 2.24) is 5.43 Å². The Morgan fingerprint density at radius 3 is 2.30 bits per heavy atom. The van der Waals surface area contributed by atoms with Crippen molar-refractivity contribution in [3.05, 3.63) is 45.9 Å². The van der Waals surface area contributed by atoms with Gasteiger partial charge in [0.1, 0.15) is 5.75 Å². The van der Waals surface area contributed by atoms with Crippen LogP contribution in [-0.2, 0) is 4.79 Å². The number of methoxy groups -OCH3 is 3. The summed E-state index contributed by atoms with van der Waals surface area (Å²) in [7, 11) is 4.59. The summed E-state index contributed by atoms with van der Waals surface area (Å²) in [5, 5.41) is 3.93. The maximum atomic E-state index is 11.9. The molecule has 2 rings (SSSR count). The molecule has 0 bridgehead atoms. The van der Waals surface area contributed by atoms with Crippen LogP contribution in [0.5, 0.6) is 23.0 Å². The molecule has 2 aromatic carbocycles. The van der Waals surface area contributed by atoms with E-state index in [1.807, 2.05) is 19.1 Å². The highest BCUT2D eigenvalue weighted by atomic mass is 79.9. The molecule has 27 heavy (non-hydrogen) atoms. The van der Waals surface area contributed by atoms with Crippen molar-refractivity contribution in [3.8, 4) is 23.0 Å². The average molecular weight is 437 g/mol. The van der Waals surface area contributed by atoms with Gasteiger partial charge in [-0.25, -0.2) is 5.43 Å². The number of benzene rings is 2. The van der Waals surface area contributed by atoms with Crippen LogP contribution in [-0.4, -0.2) is 40.1 Å². The van der Waals surface area contributed by atoms with Crippen LogP contribution in [0.15, 0.2) is 39.9 Å². The Labute approximate surface area is 166 Å². The lowest BCUT2D eigenvalue weighted by molar-refractivity contribution is -0.123. The fraction of sp³-hybridized carbons (Fsp3) is 0.263. The molecule has 0 heterocycles. The summed E-state index contributed by atoms with van der Waals surface area (Å²) < 4.78 is 22.3. The highest BCUT2D eigenvalue weighted by Gasteiger charge is 2.12. The molecule has 0 atom stereocenters. The van der Waals surface area contributed by atoms with Crippen LogP contribution in [0.1, 0.15) is 11.1 Å². The van der Waals surface area contributed by atoms with E-state index in [1.54, 1.807) is 18.2 Å². The first kappa shape index (κ1) is 20.6. The predicted octanol–water partition coefficient (Wildman–Crippen LogP) is 3.31. The van der Waals surface area contributed by atoms with Gasteiger partial charge in [-0.15, -0.1) is 0 Å². The molecule has 2 aromatic rings. The maximum absolute atomic E-state index is 11.9. The van der Waals surface area contributed by atoms with Crippen molar-refractivity contribution < 1.29 is 23.7 Å². The zero-order valence-electron chi connectivity index (χ0n) is 15.5. The van der Waals surface area contributed by atoms with Crippen LogP contribution < -0.4 is 24.4 Å². The van der Waals surface area contributed by atoms with Gasteiger partial charge >= 0.3 is 0 Å². The van der Waals surface area contributed by atoms with Gasteiger partial charge in [0.15, 0.2) is 18.1 Å². The summed E-state index contributed by atoms with van der Waals surface area (Å²) in [4.78, 5) is 11.9. The lowest BCUT2D eigenvalue weighted by Crippen LogP contribution is -2.24. The van der Waals surface area contributed by atoms with Crippen LogP contribution >= 0.6 is 15.9 Å². The number of rotatable bonds is 8. The van der Waals surface area contributed by atoms with Crippen molar-refractivity contribution in [3.63, 3.8) is 0 Å². The molecule has 0 unspecified atom stereocenters. The quantitative estimate of drug-likeness (QED) is 0.507. The minimum atomic E-state index is -0.374. The number of carbonyl (C=O) groups is 1. The SMILES string of the molecule is COc1cc(/C=N/NC(=O)COc2ccc(Br)cc2C)cc(OC)c1OC. The second-order valence-electron chi connectivity index (χ2n) is 5.45. The summed E-state index contributed by atoms with van der Waals surface area (Å²) in [6, 6.07) is 9.00. The van der Waals surface area contributed by atoms with E-state index in [0.717, 1.165) is 10.0 Å². The van der Waals surface area contributed by atoms with Crippen molar-refractivity contribution in [1.29, 1.82) is 0 Å². The van der Waals surface area contributed by atoms with Gasteiger partial charge in [0, 0.05) is 10.0 Å². The molecular formula is C19H21BrN2O5. The molecular weight excluding hydrogens is 416 g/mol. The molecule has 0 aliphatic carbocycles. The first-order chi connectivity index (χ1) is 13.0. The fourth-order valence-corrected chi connectivity index (χ4v) is 2.78. The number of hydrogen-bond acceptors (Lipinski definition) is 6. The molecule has 0 fully saturated rings. The smallest absolute Gasteiger partial charge is 0.277 e. The molecule has 0 aliphatic heterocycles. The Morgan fingerprint density at radius 1 is 1.07 bits per heavy atom. The molecule has 0 saturated carbocycles. The topological polar surface area (TPSA) is 78.4 Å². The number of nitrogens with zero attached hydrogens (tertiary/aromatic N) is 1. The molecule has 0 aromatic heterocycles. The van der Waals surface area contributed by atoms with Gasteiger partial charge in [0.2, 0.25) is 5.75 Å². The van der Waals surface area contributed by atoms with Crippen LogP contribution in [0, 0.1) is 6.92 Å². The van der Waals surface area contributed by atoms with Gasteiger partial charge in [-0.2, -0.15) is 5.10 Å². The second kappa shape index (κ2) is 9.82. The standard InChI is InChI=1S/C19H21BrN2O5/c1-12-7-14(20)5-6-15(12)27-11-18(23)22-21-10-13-8-16(24-2)19(26-4)17(9-13)25-3/h5-10H,11H2,1-4H3,(H,22,23)/b21-10+. The highest BCUT2D eigenvalue weighted by molar-refractivity contribution is 9.10. The lowest BCUT2D eigenvalue weighted by Gasteiger charge is -2.12. The van der Waals surface area contributed by atoms with Gasteiger partial charge in [0.05, 0.1) is 27.5 Å². The minimum Gasteiger partial charge on any atom is -0.493 e. The average Bonchev–Trinajstić information content (AvgIpc) is 2.66. The molecule has 0 aliphatic rings. The molecule has 0 spiro atoms. The van der Waals surface area contributed by atoms with E-state index in [4.69, 9.17) is 18.9 Å². The van der Waals surface area contributed by atoms with E-state index in [9.17, 15) is 4.79 Å². The number of ether oxygens (including phenoxy) is 4. The highest BCUT2D eigenvalue weighted by Crippen LogP contribution is 2.37. The van der Waals surface area contributed by atoms with E-state index in [1.165, 1.54) is 27.5 Å².